The molecule has 1 saturated heterocycles. The Morgan fingerprint density at radius 1 is 1.41 bits per heavy atom. The van der Waals surface area contributed by atoms with Crippen LogP contribution in [0.3, 0.4) is 0 Å². The average molecular weight is 299 g/mol. The van der Waals surface area contributed by atoms with Crippen LogP contribution in [0.2, 0.25) is 0 Å². The normalized spacial score (nSPS) is 18.8. The molecular weight excluding hydrogens is 274 g/mol. The maximum atomic E-state index is 4.57. The lowest BCUT2D eigenvalue weighted by Gasteiger charge is -2.24. The van der Waals surface area contributed by atoms with Gasteiger partial charge in [-0.1, -0.05) is 0 Å². The molecule has 1 N–H and O–H groups in total. The van der Waals surface area contributed by atoms with Crippen LogP contribution in [0.1, 0.15) is 42.6 Å². The van der Waals surface area contributed by atoms with E-state index in [0.29, 0.717) is 6.04 Å². The molecule has 0 radical (unpaired) electrons. The standard InChI is InChI=1S/C17H25N5/c1-4-22-12-15(13(2)20-22)11-21-9-5-6-16(21)14-7-8-19-17(10-14)18-3/h7-8,10,12,16H,4-6,9,11H2,1-3H3,(H,18,19)/t16-/m0/s1. The Hall–Kier alpha value is -1.88. The highest BCUT2D eigenvalue weighted by Crippen LogP contribution is 2.34. The van der Waals surface area contributed by atoms with E-state index in [0.717, 1.165) is 31.1 Å². The highest BCUT2D eigenvalue weighted by molar-refractivity contribution is 5.38. The van der Waals surface area contributed by atoms with Crippen LogP contribution >= 0.6 is 0 Å². The van der Waals surface area contributed by atoms with Crippen LogP contribution < -0.4 is 5.32 Å². The number of hydrogen-bond acceptors (Lipinski definition) is 4. The van der Waals surface area contributed by atoms with Crippen molar-refractivity contribution < 1.29 is 0 Å². The van der Waals surface area contributed by atoms with Crippen molar-refractivity contribution in [1.29, 1.82) is 0 Å². The maximum Gasteiger partial charge on any atom is 0.125 e. The monoisotopic (exact) mass is 299 g/mol. The van der Waals surface area contributed by atoms with E-state index in [-0.39, 0.29) is 0 Å². The summed E-state index contributed by atoms with van der Waals surface area (Å²) in [5.74, 6) is 0.944. The summed E-state index contributed by atoms with van der Waals surface area (Å²) in [5, 5.41) is 7.70. The van der Waals surface area contributed by atoms with Crippen LogP contribution in [0.15, 0.2) is 24.5 Å². The molecule has 118 valence electrons. The summed E-state index contributed by atoms with van der Waals surface area (Å²) in [6.07, 6.45) is 6.56. The third-order valence-corrected chi connectivity index (χ3v) is 4.53. The van der Waals surface area contributed by atoms with Gasteiger partial charge in [-0.25, -0.2) is 4.98 Å². The lowest BCUT2D eigenvalue weighted by molar-refractivity contribution is 0.248. The second-order valence-corrected chi connectivity index (χ2v) is 5.95. The molecule has 2 aromatic heterocycles. The Balaban J connectivity index is 1.79. The van der Waals surface area contributed by atoms with Gasteiger partial charge >= 0.3 is 0 Å². The van der Waals surface area contributed by atoms with Crippen molar-refractivity contribution in [3.8, 4) is 0 Å². The van der Waals surface area contributed by atoms with Gasteiger partial charge in [0.2, 0.25) is 0 Å². The third kappa shape index (κ3) is 2.99. The molecule has 1 aliphatic rings. The van der Waals surface area contributed by atoms with Crippen LogP contribution in [-0.2, 0) is 13.1 Å². The molecule has 2 aromatic rings. The molecule has 5 nitrogen and oxygen atoms in total. The average Bonchev–Trinajstić information content (AvgIpc) is 3.15. The van der Waals surface area contributed by atoms with E-state index < -0.39 is 0 Å². The number of nitrogens with one attached hydrogen (secondary N) is 1. The number of aromatic nitrogens is 3. The van der Waals surface area contributed by atoms with Crippen LogP contribution in [0.25, 0.3) is 0 Å². The van der Waals surface area contributed by atoms with Gasteiger partial charge in [-0.15, -0.1) is 0 Å². The quantitative estimate of drug-likeness (QED) is 0.922. The molecule has 1 aliphatic heterocycles. The molecule has 1 fully saturated rings. The van der Waals surface area contributed by atoms with Crippen molar-refractivity contribution in [2.45, 2.75) is 45.8 Å². The SMILES string of the molecule is CCn1cc(CN2CCC[C@H]2c2ccnc(NC)c2)c(C)n1. The number of anilines is 1. The summed E-state index contributed by atoms with van der Waals surface area (Å²) in [6, 6.07) is 4.80. The van der Waals surface area contributed by atoms with Crippen molar-refractivity contribution in [2.24, 2.45) is 0 Å². The first kappa shape index (κ1) is 15.0. The fourth-order valence-corrected chi connectivity index (χ4v) is 3.28. The Bertz CT molecular complexity index is 634. The summed E-state index contributed by atoms with van der Waals surface area (Å²) in [5.41, 5.74) is 3.85. The minimum absolute atomic E-state index is 0.486. The fourth-order valence-electron chi connectivity index (χ4n) is 3.28. The van der Waals surface area contributed by atoms with E-state index in [9.17, 15) is 0 Å². The van der Waals surface area contributed by atoms with Gasteiger partial charge in [-0.2, -0.15) is 5.10 Å². The topological polar surface area (TPSA) is 46.0 Å². The van der Waals surface area contributed by atoms with E-state index in [2.05, 4.69) is 52.5 Å². The molecule has 0 bridgehead atoms. The second kappa shape index (κ2) is 6.48. The van der Waals surface area contributed by atoms with Gasteiger partial charge in [0.05, 0.1) is 5.69 Å². The van der Waals surface area contributed by atoms with E-state index in [4.69, 9.17) is 0 Å². The zero-order valence-corrected chi connectivity index (χ0v) is 13.7. The predicted octanol–water partition coefficient (Wildman–Crippen LogP) is 2.99. The van der Waals surface area contributed by atoms with Crippen molar-refractivity contribution >= 4 is 5.82 Å². The minimum Gasteiger partial charge on any atom is -0.373 e. The molecule has 3 heterocycles. The van der Waals surface area contributed by atoms with Gasteiger partial charge in [-0.3, -0.25) is 9.58 Å². The van der Waals surface area contributed by atoms with Crippen LogP contribution in [0.4, 0.5) is 5.82 Å². The summed E-state index contributed by atoms with van der Waals surface area (Å²) >= 11 is 0. The molecule has 22 heavy (non-hydrogen) atoms. The molecule has 0 spiro atoms. The molecule has 5 heteroatoms. The van der Waals surface area contributed by atoms with E-state index in [1.54, 1.807) is 0 Å². The fraction of sp³-hybridized carbons (Fsp3) is 0.529. The maximum absolute atomic E-state index is 4.57. The first-order chi connectivity index (χ1) is 10.7. The zero-order valence-electron chi connectivity index (χ0n) is 13.7. The first-order valence-corrected chi connectivity index (χ1v) is 8.12. The third-order valence-electron chi connectivity index (χ3n) is 4.53. The molecule has 1 atom stereocenters. The molecule has 0 amide bonds. The largest absolute Gasteiger partial charge is 0.373 e. The summed E-state index contributed by atoms with van der Waals surface area (Å²) in [7, 11) is 1.92. The van der Waals surface area contributed by atoms with Gasteiger partial charge in [-0.05, 0) is 50.9 Å². The predicted molar refractivity (Wildman–Crippen MR) is 88.8 cm³/mol. The number of pyridine rings is 1. The molecule has 0 unspecified atom stereocenters. The summed E-state index contributed by atoms with van der Waals surface area (Å²) < 4.78 is 2.03. The van der Waals surface area contributed by atoms with Crippen LogP contribution in [-0.4, -0.2) is 33.3 Å². The van der Waals surface area contributed by atoms with Crippen molar-refractivity contribution in [3.05, 3.63) is 41.3 Å². The van der Waals surface area contributed by atoms with Crippen LogP contribution in [0.5, 0.6) is 0 Å². The Labute approximate surface area is 132 Å². The Morgan fingerprint density at radius 2 is 2.27 bits per heavy atom. The lowest BCUT2D eigenvalue weighted by atomic mass is 10.1. The number of hydrogen-bond donors (Lipinski definition) is 1. The highest BCUT2D eigenvalue weighted by Gasteiger charge is 2.27. The highest BCUT2D eigenvalue weighted by atomic mass is 15.3. The summed E-state index contributed by atoms with van der Waals surface area (Å²) in [4.78, 5) is 6.89. The number of nitrogens with zero attached hydrogens (tertiary/aromatic N) is 4. The van der Waals surface area contributed by atoms with Crippen LogP contribution in [0, 0.1) is 6.92 Å². The van der Waals surface area contributed by atoms with Gasteiger partial charge in [0.1, 0.15) is 5.82 Å². The molecule has 0 aliphatic carbocycles. The number of aryl methyl sites for hydroxylation is 2. The van der Waals surface area contributed by atoms with Gasteiger partial charge < -0.3 is 5.32 Å². The second-order valence-electron chi connectivity index (χ2n) is 5.95. The minimum atomic E-state index is 0.486. The van der Waals surface area contributed by atoms with Crippen molar-refractivity contribution in [3.63, 3.8) is 0 Å². The molecule has 0 saturated carbocycles. The van der Waals surface area contributed by atoms with Crippen molar-refractivity contribution in [1.82, 2.24) is 19.7 Å². The van der Waals surface area contributed by atoms with Gasteiger partial charge in [0, 0.05) is 44.1 Å². The number of rotatable bonds is 5. The smallest absolute Gasteiger partial charge is 0.125 e. The van der Waals surface area contributed by atoms with Crippen molar-refractivity contribution in [2.75, 3.05) is 18.9 Å². The molecule has 3 rings (SSSR count). The van der Waals surface area contributed by atoms with E-state index >= 15 is 0 Å². The zero-order chi connectivity index (χ0) is 15.5. The molecule has 0 aromatic carbocycles. The van der Waals surface area contributed by atoms with E-state index in [1.807, 2.05) is 17.9 Å². The Kier molecular flexibility index (Phi) is 4.43. The lowest BCUT2D eigenvalue weighted by Crippen LogP contribution is -2.23. The molecular formula is C17H25N5. The van der Waals surface area contributed by atoms with E-state index in [1.165, 1.54) is 24.0 Å². The first-order valence-electron chi connectivity index (χ1n) is 8.12. The van der Waals surface area contributed by atoms with Gasteiger partial charge in [0.15, 0.2) is 0 Å². The van der Waals surface area contributed by atoms with Gasteiger partial charge in [0.25, 0.3) is 0 Å². The number of likely N-dealkylation sites (tertiary alicyclic amines) is 1. The Morgan fingerprint density at radius 3 is 3.00 bits per heavy atom. The summed E-state index contributed by atoms with van der Waals surface area (Å²) in [6.45, 7) is 7.30.